The average Bonchev–Trinajstić information content (AvgIpc) is 2.40. The van der Waals surface area contributed by atoms with Gasteiger partial charge in [0.2, 0.25) is 0 Å². The van der Waals surface area contributed by atoms with Crippen LogP contribution in [-0.4, -0.2) is 30.2 Å². The molecule has 3 rings (SSSR count). The number of sulfone groups is 1. The first-order chi connectivity index (χ1) is 9.80. The number of fused-ring (bicyclic) bond motifs is 2. The summed E-state index contributed by atoms with van der Waals surface area (Å²) in [4.78, 5) is 15.9. The van der Waals surface area contributed by atoms with Crippen LogP contribution in [0.4, 0.5) is 0 Å². The number of hydrogen-bond donors (Lipinski definition) is 1. The predicted octanol–water partition coefficient (Wildman–Crippen LogP) is 2.71. The number of aromatic nitrogens is 1. The van der Waals surface area contributed by atoms with Crippen LogP contribution in [0.3, 0.4) is 0 Å². The smallest absolute Gasteiger partial charge is 0.336 e. The Balaban J connectivity index is 2.45. The molecule has 21 heavy (non-hydrogen) atoms. The van der Waals surface area contributed by atoms with Crippen molar-refractivity contribution in [1.29, 1.82) is 0 Å². The Bertz CT molecular complexity index is 893. The third-order valence-corrected chi connectivity index (χ3v) is 5.81. The maximum absolute atomic E-state index is 11.8. The Labute approximate surface area is 130 Å². The van der Waals surface area contributed by atoms with Gasteiger partial charge < -0.3 is 5.11 Å². The quantitative estimate of drug-likeness (QED) is 0.858. The van der Waals surface area contributed by atoms with Crippen LogP contribution in [0.25, 0.3) is 10.9 Å². The largest absolute Gasteiger partial charge is 0.478 e. The second kappa shape index (κ2) is 4.83. The number of nitrogens with zero attached hydrogens (tertiary/aromatic N) is 1. The lowest BCUT2D eigenvalue weighted by Crippen LogP contribution is -2.23. The summed E-state index contributed by atoms with van der Waals surface area (Å²) < 4.78 is 23.6. The minimum atomic E-state index is -3.30. The molecular formula is C13H9Cl2NO4S. The number of rotatable bonds is 1. The first-order valence-electron chi connectivity index (χ1n) is 6.03. The summed E-state index contributed by atoms with van der Waals surface area (Å²) in [6.07, 6.45) is 0.177. The standard InChI is InChI=1S/C13H9Cl2NO4S/c14-8-2-1-6-10(13(17)18)7-5-21(19,20)4-3-9(7)16-12(6)11(8)15/h1-2H,3-5H2,(H,17,18). The lowest BCUT2D eigenvalue weighted by atomic mass is 10.00. The Morgan fingerprint density at radius 2 is 2.00 bits per heavy atom. The molecule has 8 heteroatoms. The van der Waals surface area contributed by atoms with Crippen molar-refractivity contribution in [2.45, 2.75) is 12.2 Å². The summed E-state index contributed by atoms with van der Waals surface area (Å²) in [7, 11) is -3.30. The summed E-state index contributed by atoms with van der Waals surface area (Å²) in [6.45, 7) is 0. The highest BCUT2D eigenvalue weighted by Crippen LogP contribution is 2.35. The minimum Gasteiger partial charge on any atom is -0.478 e. The molecule has 2 aromatic rings. The molecule has 0 unspecified atom stereocenters. The van der Waals surface area contributed by atoms with E-state index in [1.807, 2.05) is 0 Å². The summed E-state index contributed by atoms with van der Waals surface area (Å²) >= 11 is 12.0. The summed E-state index contributed by atoms with van der Waals surface area (Å²) in [6, 6.07) is 2.98. The van der Waals surface area contributed by atoms with E-state index in [1.54, 1.807) is 0 Å². The van der Waals surface area contributed by atoms with Gasteiger partial charge in [-0.05, 0) is 6.07 Å². The number of benzene rings is 1. The van der Waals surface area contributed by atoms with E-state index >= 15 is 0 Å². The van der Waals surface area contributed by atoms with E-state index in [-0.39, 0.29) is 39.1 Å². The van der Waals surface area contributed by atoms with Gasteiger partial charge in [0.1, 0.15) is 0 Å². The SMILES string of the molecule is O=C(O)c1c2c(nc3c(Cl)c(Cl)ccc13)CCS(=O)(=O)C2. The maximum Gasteiger partial charge on any atom is 0.336 e. The topological polar surface area (TPSA) is 84.3 Å². The monoisotopic (exact) mass is 345 g/mol. The molecule has 0 fully saturated rings. The summed E-state index contributed by atoms with van der Waals surface area (Å²) in [5.74, 6) is -1.56. The molecule has 0 bridgehead atoms. The van der Waals surface area contributed by atoms with Crippen molar-refractivity contribution in [2.75, 3.05) is 5.75 Å². The van der Waals surface area contributed by atoms with E-state index < -0.39 is 15.8 Å². The molecule has 0 spiro atoms. The number of aromatic carboxylic acids is 1. The van der Waals surface area contributed by atoms with Gasteiger partial charge in [-0.1, -0.05) is 29.3 Å². The Kier molecular flexibility index (Phi) is 3.35. The van der Waals surface area contributed by atoms with E-state index in [2.05, 4.69) is 4.98 Å². The first-order valence-corrected chi connectivity index (χ1v) is 8.61. The third kappa shape index (κ3) is 2.37. The zero-order chi connectivity index (χ0) is 15.4. The summed E-state index contributed by atoms with van der Waals surface area (Å²) in [5, 5.41) is 10.2. The number of halogens is 2. The second-order valence-electron chi connectivity index (χ2n) is 4.82. The van der Waals surface area contributed by atoms with Crippen molar-refractivity contribution in [1.82, 2.24) is 4.98 Å². The van der Waals surface area contributed by atoms with Gasteiger partial charge in [-0.15, -0.1) is 0 Å². The van der Waals surface area contributed by atoms with Gasteiger partial charge in [-0.25, -0.2) is 13.2 Å². The molecule has 5 nitrogen and oxygen atoms in total. The van der Waals surface area contributed by atoms with Crippen LogP contribution in [0, 0.1) is 0 Å². The zero-order valence-electron chi connectivity index (χ0n) is 10.6. The average molecular weight is 346 g/mol. The van der Waals surface area contributed by atoms with Gasteiger partial charge in [-0.3, -0.25) is 4.98 Å². The van der Waals surface area contributed by atoms with Gasteiger partial charge in [0.15, 0.2) is 9.84 Å². The number of carboxylic acids is 1. The van der Waals surface area contributed by atoms with Crippen molar-refractivity contribution in [3.63, 3.8) is 0 Å². The molecule has 1 aliphatic heterocycles. The predicted molar refractivity (Wildman–Crippen MR) is 79.9 cm³/mol. The van der Waals surface area contributed by atoms with Crippen LogP contribution < -0.4 is 0 Å². The van der Waals surface area contributed by atoms with Crippen LogP contribution in [0.15, 0.2) is 12.1 Å². The fourth-order valence-electron chi connectivity index (χ4n) is 2.51. The molecule has 0 saturated carbocycles. The number of carboxylic acid groups (broad SMARTS) is 1. The number of pyridine rings is 1. The number of hydrogen-bond acceptors (Lipinski definition) is 4. The molecule has 0 aliphatic carbocycles. The summed E-state index contributed by atoms with van der Waals surface area (Å²) in [5.41, 5.74) is 0.940. The Morgan fingerprint density at radius 3 is 2.67 bits per heavy atom. The molecule has 1 aliphatic rings. The second-order valence-corrected chi connectivity index (χ2v) is 7.79. The van der Waals surface area contributed by atoms with Crippen molar-refractivity contribution >= 4 is 49.9 Å². The molecular weight excluding hydrogens is 337 g/mol. The molecule has 0 saturated heterocycles. The van der Waals surface area contributed by atoms with Crippen LogP contribution in [0.5, 0.6) is 0 Å². The van der Waals surface area contributed by atoms with E-state index in [9.17, 15) is 18.3 Å². The molecule has 0 radical (unpaired) electrons. The highest BCUT2D eigenvalue weighted by Gasteiger charge is 2.29. The van der Waals surface area contributed by atoms with Gasteiger partial charge >= 0.3 is 5.97 Å². The van der Waals surface area contributed by atoms with E-state index in [4.69, 9.17) is 23.2 Å². The fourth-order valence-corrected chi connectivity index (χ4v) is 4.27. The van der Waals surface area contributed by atoms with Crippen LogP contribution in [0.1, 0.15) is 21.6 Å². The van der Waals surface area contributed by atoms with E-state index in [1.165, 1.54) is 12.1 Å². The van der Waals surface area contributed by atoms with E-state index in [0.717, 1.165) is 0 Å². The van der Waals surface area contributed by atoms with Crippen molar-refractivity contribution in [2.24, 2.45) is 0 Å². The third-order valence-electron chi connectivity index (χ3n) is 3.46. The Morgan fingerprint density at radius 1 is 1.29 bits per heavy atom. The highest BCUT2D eigenvalue weighted by atomic mass is 35.5. The van der Waals surface area contributed by atoms with E-state index in [0.29, 0.717) is 16.6 Å². The molecule has 0 amide bonds. The minimum absolute atomic E-state index is 0.0459. The van der Waals surface area contributed by atoms with Crippen molar-refractivity contribution in [3.05, 3.63) is 39.0 Å². The van der Waals surface area contributed by atoms with Crippen LogP contribution in [0.2, 0.25) is 10.0 Å². The Hall–Kier alpha value is -1.37. The van der Waals surface area contributed by atoms with Crippen LogP contribution >= 0.6 is 23.2 Å². The van der Waals surface area contributed by atoms with Crippen molar-refractivity contribution in [3.8, 4) is 0 Å². The molecule has 110 valence electrons. The normalized spacial score (nSPS) is 16.7. The molecule has 1 N–H and O–H groups in total. The lowest BCUT2D eigenvalue weighted by molar-refractivity contribution is 0.0698. The van der Waals surface area contributed by atoms with Crippen LogP contribution in [-0.2, 0) is 22.0 Å². The first kappa shape index (κ1) is 14.6. The van der Waals surface area contributed by atoms with Gasteiger partial charge in [-0.2, -0.15) is 0 Å². The molecule has 1 aromatic carbocycles. The zero-order valence-corrected chi connectivity index (χ0v) is 12.9. The van der Waals surface area contributed by atoms with Gasteiger partial charge in [0, 0.05) is 23.1 Å². The lowest BCUT2D eigenvalue weighted by Gasteiger charge is -2.19. The molecule has 0 atom stereocenters. The maximum atomic E-state index is 11.8. The number of aryl methyl sites for hydroxylation is 1. The van der Waals surface area contributed by atoms with Gasteiger partial charge in [0.05, 0.1) is 32.6 Å². The van der Waals surface area contributed by atoms with Gasteiger partial charge in [0.25, 0.3) is 0 Å². The van der Waals surface area contributed by atoms with Crippen molar-refractivity contribution < 1.29 is 18.3 Å². The number of carbonyl (C=O) groups is 1. The molecule has 2 heterocycles. The fraction of sp³-hybridized carbons (Fsp3) is 0.231. The molecule has 1 aromatic heterocycles. The highest BCUT2D eigenvalue weighted by molar-refractivity contribution is 7.90.